The average Bonchev–Trinajstić information content (AvgIpc) is 2.37. The van der Waals surface area contributed by atoms with E-state index in [0.717, 1.165) is 0 Å². The fourth-order valence-corrected chi connectivity index (χ4v) is 2.53. The Labute approximate surface area is 124 Å². The molecule has 2 N–H and O–H groups in total. The van der Waals surface area contributed by atoms with E-state index < -0.39 is 0 Å². The zero-order valence-corrected chi connectivity index (χ0v) is 12.8. The van der Waals surface area contributed by atoms with E-state index in [1.54, 1.807) is 13.1 Å². The van der Waals surface area contributed by atoms with Gasteiger partial charge in [-0.2, -0.15) is 0 Å². The lowest BCUT2D eigenvalue weighted by Gasteiger charge is -2.37. The molecule has 0 unspecified atom stereocenters. The molecule has 1 saturated heterocycles. The summed E-state index contributed by atoms with van der Waals surface area (Å²) in [5.41, 5.74) is 1.24. The summed E-state index contributed by atoms with van der Waals surface area (Å²) in [6.45, 7) is 5.40. The van der Waals surface area contributed by atoms with Gasteiger partial charge in [0.1, 0.15) is 5.82 Å². The molecule has 2 atom stereocenters. The number of hydrogen-bond donors (Lipinski definition) is 2. The van der Waals surface area contributed by atoms with E-state index in [1.807, 2.05) is 24.8 Å². The Kier molecular flexibility index (Phi) is 4.77. The Balaban J connectivity index is 2.15. The molecule has 1 fully saturated rings. The van der Waals surface area contributed by atoms with Crippen LogP contribution in [0.5, 0.6) is 0 Å². The van der Waals surface area contributed by atoms with Gasteiger partial charge in [0.25, 0.3) is 0 Å². The van der Waals surface area contributed by atoms with Crippen molar-refractivity contribution in [3.8, 4) is 0 Å². The van der Waals surface area contributed by atoms with Crippen LogP contribution >= 0.6 is 12.2 Å². The monoisotopic (exact) mass is 297 g/mol. The van der Waals surface area contributed by atoms with Gasteiger partial charge in [-0.3, -0.25) is 0 Å². The lowest BCUT2D eigenvalue weighted by molar-refractivity contribution is -0.00539. The summed E-state index contributed by atoms with van der Waals surface area (Å²) in [6, 6.07) is 5.07. The first kappa shape index (κ1) is 15.0. The Bertz CT molecular complexity index is 487. The molecule has 0 aliphatic carbocycles. The summed E-state index contributed by atoms with van der Waals surface area (Å²) >= 11 is 5.00. The molecule has 0 aromatic heterocycles. The molecule has 1 aromatic carbocycles. The Morgan fingerprint density at radius 3 is 2.55 bits per heavy atom. The standard InChI is InChI=1S/C14H20FN3OS/c1-9-7-18(8-10(2)19-9)13-5-4-11(6-12(13)15)17-14(20)16-3/h4-6,9-10H,7-8H2,1-3H3,(H2,16,17,20)/t9-,10-/m1/s1. The molecule has 0 amide bonds. The van der Waals surface area contributed by atoms with Gasteiger partial charge in [0, 0.05) is 25.8 Å². The Hall–Kier alpha value is -1.40. The number of benzene rings is 1. The van der Waals surface area contributed by atoms with Crippen molar-refractivity contribution in [3.05, 3.63) is 24.0 Å². The van der Waals surface area contributed by atoms with Crippen LogP contribution in [0.25, 0.3) is 0 Å². The topological polar surface area (TPSA) is 36.5 Å². The fourth-order valence-electron chi connectivity index (χ4n) is 2.41. The SMILES string of the molecule is CNC(=S)Nc1ccc(N2C[C@@H](C)O[C@H](C)C2)c(F)c1. The smallest absolute Gasteiger partial charge is 0.170 e. The van der Waals surface area contributed by atoms with E-state index >= 15 is 0 Å². The van der Waals surface area contributed by atoms with E-state index in [1.165, 1.54) is 6.07 Å². The van der Waals surface area contributed by atoms with Gasteiger partial charge < -0.3 is 20.3 Å². The third-order valence-corrected chi connectivity index (χ3v) is 3.50. The van der Waals surface area contributed by atoms with E-state index in [-0.39, 0.29) is 18.0 Å². The minimum atomic E-state index is -0.254. The predicted octanol–water partition coefficient (Wildman–Crippen LogP) is 2.36. The minimum Gasteiger partial charge on any atom is -0.372 e. The molecule has 0 radical (unpaired) electrons. The van der Waals surface area contributed by atoms with E-state index in [4.69, 9.17) is 17.0 Å². The van der Waals surface area contributed by atoms with Crippen LogP contribution in [0.3, 0.4) is 0 Å². The molecule has 0 bridgehead atoms. The summed E-state index contributed by atoms with van der Waals surface area (Å²) < 4.78 is 19.9. The maximum Gasteiger partial charge on any atom is 0.170 e. The third kappa shape index (κ3) is 3.58. The molecule has 4 nitrogen and oxygen atoms in total. The normalized spacial score (nSPS) is 22.5. The Morgan fingerprint density at radius 2 is 2.00 bits per heavy atom. The van der Waals surface area contributed by atoms with Gasteiger partial charge in [0.05, 0.1) is 17.9 Å². The largest absolute Gasteiger partial charge is 0.372 e. The van der Waals surface area contributed by atoms with E-state index in [9.17, 15) is 4.39 Å². The lowest BCUT2D eigenvalue weighted by Crippen LogP contribution is -2.45. The van der Waals surface area contributed by atoms with Crippen molar-refractivity contribution in [3.63, 3.8) is 0 Å². The van der Waals surface area contributed by atoms with Gasteiger partial charge in [-0.05, 0) is 44.3 Å². The van der Waals surface area contributed by atoms with E-state index in [2.05, 4.69) is 10.6 Å². The number of halogens is 1. The number of morpholine rings is 1. The molecule has 110 valence electrons. The number of thiocarbonyl (C=S) groups is 1. The van der Waals surface area contributed by atoms with E-state index in [0.29, 0.717) is 29.6 Å². The Morgan fingerprint density at radius 1 is 1.35 bits per heavy atom. The number of nitrogens with one attached hydrogen (secondary N) is 2. The first-order valence-electron chi connectivity index (χ1n) is 6.68. The molecule has 20 heavy (non-hydrogen) atoms. The molecule has 1 heterocycles. The van der Waals surface area contributed by atoms with Gasteiger partial charge in [-0.1, -0.05) is 0 Å². The second-order valence-electron chi connectivity index (χ2n) is 5.03. The minimum absolute atomic E-state index is 0.104. The highest BCUT2D eigenvalue weighted by Gasteiger charge is 2.24. The van der Waals surface area contributed by atoms with Crippen molar-refractivity contribution < 1.29 is 9.13 Å². The molecule has 0 saturated carbocycles. The van der Waals surface area contributed by atoms with Crippen LogP contribution in [0.15, 0.2) is 18.2 Å². The summed E-state index contributed by atoms with van der Waals surface area (Å²) in [6.07, 6.45) is 0.209. The maximum atomic E-state index is 14.3. The van der Waals surface area contributed by atoms with Gasteiger partial charge >= 0.3 is 0 Å². The molecule has 1 aliphatic heterocycles. The van der Waals surface area contributed by atoms with Crippen LogP contribution in [-0.2, 0) is 4.74 Å². The average molecular weight is 297 g/mol. The molecule has 0 spiro atoms. The van der Waals surface area contributed by atoms with Crippen molar-refractivity contribution in [2.45, 2.75) is 26.1 Å². The fraction of sp³-hybridized carbons (Fsp3) is 0.500. The molecule has 6 heteroatoms. The first-order valence-corrected chi connectivity index (χ1v) is 7.09. The van der Waals surface area contributed by atoms with Crippen LogP contribution in [-0.4, -0.2) is 37.5 Å². The van der Waals surface area contributed by atoms with Crippen LogP contribution in [0.4, 0.5) is 15.8 Å². The quantitative estimate of drug-likeness (QED) is 0.820. The van der Waals surface area contributed by atoms with Gasteiger partial charge in [-0.15, -0.1) is 0 Å². The molecule has 1 aromatic rings. The molecular weight excluding hydrogens is 277 g/mol. The highest BCUT2D eigenvalue weighted by atomic mass is 32.1. The van der Waals surface area contributed by atoms with Crippen LogP contribution in [0, 0.1) is 5.82 Å². The van der Waals surface area contributed by atoms with Gasteiger partial charge in [0.15, 0.2) is 5.11 Å². The van der Waals surface area contributed by atoms with Crippen LogP contribution in [0.1, 0.15) is 13.8 Å². The van der Waals surface area contributed by atoms with Crippen molar-refractivity contribution >= 4 is 28.7 Å². The van der Waals surface area contributed by atoms with Crippen molar-refractivity contribution in [2.75, 3.05) is 30.4 Å². The number of hydrogen-bond acceptors (Lipinski definition) is 3. The zero-order valence-electron chi connectivity index (χ0n) is 11.9. The van der Waals surface area contributed by atoms with Crippen LogP contribution in [0.2, 0.25) is 0 Å². The second-order valence-corrected chi connectivity index (χ2v) is 5.44. The second kappa shape index (κ2) is 6.37. The van der Waals surface area contributed by atoms with Crippen LogP contribution < -0.4 is 15.5 Å². The van der Waals surface area contributed by atoms with Crippen molar-refractivity contribution in [1.29, 1.82) is 0 Å². The zero-order chi connectivity index (χ0) is 14.7. The highest BCUT2D eigenvalue weighted by molar-refractivity contribution is 7.80. The van der Waals surface area contributed by atoms with Gasteiger partial charge in [-0.25, -0.2) is 4.39 Å². The number of ether oxygens (including phenoxy) is 1. The summed E-state index contributed by atoms with van der Waals surface area (Å²) in [4.78, 5) is 2.02. The van der Waals surface area contributed by atoms with Gasteiger partial charge in [0.2, 0.25) is 0 Å². The molecular formula is C14H20FN3OS. The number of nitrogens with zero attached hydrogens (tertiary/aromatic N) is 1. The van der Waals surface area contributed by atoms with Crippen molar-refractivity contribution in [1.82, 2.24) is 5.32 Å². The summed E-state index contributed by atoms with van der Waals surface area (Å²) in [5, 5.41) is 6.17. The number of anilines is 2. The predicted molar refractivity (Wildman–Crippen MR) is 83.9 cm³/mol. The number of rotatable bonds is 2. The highest BCUT2D eigenvalue weighted by Crippen LogP contribution is 2.26. The lowest BCUT2D eigenvalue weighted by atomic mass is 10.2. The summed E-state index contributed by atoms with van der Waals surface area (Å²) in [7, 11) is 1.72. The summed E-state index contributed by atoms with van der Waals surface area (Å²) in [5.74, 6) is -0.254. The first-order chi connectivity index (χ1) is 9.49. The molecule has 2 rings (SSSR count). The van der Waals surface area contributed by atoms with Crippen molar-refractivity contribution in [2.24, 2.45) is 0 Å². The third-order valence-electron chi connectivity index (χ3n) is 3.19. The molecule has 1 aliphatic rings. The maximum absolute atomic E-state index is 14.3.